The monoisotopic (exact) mass is 390 g/mol. The van der Waals surface area contributed by atoms with Crippen LogP contribution in [0.25, 0.3) is 11.0 Å². The predicted octanol–water partition coefficient (Wildman–Crippen LogP) is 2.45. The number of hydrogen-bond donors (Lipinski definition) is 1. The van der Waals surface area contributed by atoms with Crippen molar-refractivity contribution in [3.8, 4) is 0 Å². The van der Waals surface area contributed by atoms with Crippen LogP contribution in [0.4, 0.5) is 10.1 Å². The van der Waals surface area contributed by atoms with Gasteiger partial charge in [-0.3, -0.25) is 4.79 Å². The summed E-state index contributed by atoms with van der Waals surface area (Å²) in [7, 11) is -0.598. The second kappa shape index (κ2) is 7.45. The molecule has 1 amide bonds. The highest BCUT2D eigenvalue weighted by molar-refractivity contribution is 7.89. The minimum Gasteiger partial charge on any atom is -0.330 e. The minimum absolute atomic E-state index is 0.161. The van der Waals surface area contributed by atoms with Gasteiger partial charge in [0.15, 0.2) is 0 Å². The molecular weight excluding hydrogens is 371 g/mol. The maximum absolute atomic E-state index is 13.2. The second-order valence-corrected chi connectivity index (χ2v) is 8.34. The van der Waals surface area contributed by atoms with E-state index in [1.165, 1.54) is 44.4 Å². The molecule has 3 rings (SSSR count). The third-order valence-electron chi connectivity index (χ3n) is 4.06. The highest BCUT2D eigenvalue weighted by Gasteiger charge is 2.18. The molecular formula is C18H19FN4O3S. The van der Waals surface area contributed by atoms with Crippen LogP contribution in [-0.4, -0.2) is 42.3 Å². The quantitative estimate of drug-likeness (QED) is 0.701. The Morgan fingerprint density at radius 2 is 2.00 bits per heavy atom. The van der Waals surface area contributed by atoms with Crippen molar-refractivity contribution in [1.82, 2.24) is 13.9 Å². The second-order valence-electron chi connectivity index (χ2n) is 6.18. The van der Waals surface area contributed by atoms with E-state index < -0.39 is 15.8 Å². The SMILES string of the molecule is CN(C)S(=O)(=O)c1ccc2c(c1)ncn2CCC(=O)Nc1cccc(F)c1. The molecule has 7 nitrogen and oxygen atoms in total. The molecule has 9 heteroatoms. The van der Waals surface area contributed by atoms with Gasteiger partial charge in [-0.1, -0.05) is 6.07 Å². The van der Waals surface area contributed by atoms with E-state index in [0.29, 0.717) is 17.7 Å². The molecule has 0 spiro atoms. The van der Waals surface area contributed by atoms with Crippen molar-refractivity contribution in [1.29, 1.82) is 0 Å². The van der Waals surface area contributed by atoms with Crippen molar-refractivity contribution >= 4 is 32.7 Å². The van der Waals surface area contributed by atoms with Crippen LogP contribution in [0.5, 0.6) is 0 Å². The summed E-state index contributed by atoms with van der Waals surface area (Å²) in [5.41, 5.74) is 1.66. The van der Waals surface area contributed by atoms with Gasteiger partial charge in [0.1, 0.15) is 5.82 Å². The average Bonchev–Trinajstić information content (AvgIpc) is 3.02. The van der Waals surface area contributed by atoms with Crippen molar-refractivity contribution in [2.75, 3.05) is 19.4 Å². The summed E-state index contributed by atoms with van der Waals surface area (Å²) in [5, 5.41) is 2.64. The van der Waals surface area contributed by atoms with Gasteiger partial charge >= 0.3 is 0 Å². The van der Waals surface area contributed by atoms with Crippen LogP contribution in [0.15, 0.2) is 53.7 Å². The van der Waals surface area contributed by atoms with E-state index in [9.17, 15) is 17.6 Å². The summed E-state index contributed by atoms with van der Waals surface area (Å²) in [4.78, 5) is 16.4. The summed E-state index contributed by atoms with van der Waals surface area (Å²) >= 11 is 0. The largest absolute Gasteiger partial charge is 0.330 e. The minimum atomic E-state index is -3.53. The van der Waals surface area contributed by atoms with E-state index in [1.54, 1.807) is 23.0 Å². The number of aromatic nitrogens is 2. The highest BCUT2D eigenvalue weighted by Crippen LogP contribution is 2.20. The van der Waals surface area contributed by atoms with Crippen molar-refractivity contribution < 1.29 is 17.6 Å². The third-order valence-corrected chi connectivity index (χ3v) is 5.87. The summed E-state index contributed by atoms with van der Waals surface area (Å²) < 4.78 is 40.5. The molecule has 0 aliphatic carbocycles. The van der Waals surface area contributed by atoms with E-state index in [2.05, 4.69) is 10.3 Å². The van der Waals surface area contributed by atoms with E-state index in [-0.39, 0.29) is 17.2 Å². The topological polar surface area (TPSA) is 84.3 Å². The van der Waals surface area contributed by atoms with Crippen molar-refractivity contribution in [2.45, 2.75) is 17.9 Å². The fraction of sp³-hybridized carbons (Fsp3) is 0.222. The van der Waals surface area contributed by atoms with Crippen LogP contribution in [0.1, 0.15) is 6.42 Å². The molecule has 0 saturated heterocycles. The number of nitrogens with zero attached hydrogens (tertiary/aromatic N) is 3. The number of sulfonamides is 1. The number of fused-ring (bicyclic) bond motifs is 1. The molecule has 1 N–H and O–H groups in total. The van der Waals surface area contributed by atoms with Crippen molar-refractivity contribution in [3.05, 3.63) is 54.6 Å². The van der Waals surface area contributed by atoms with Crippen LogP contribution in [0, 0.1) is 5.82 Å². The zero-order chi connectivity index (χ0) is 19.6. The zero-order valence-corrected chi connectivity index (χ0v) is 15.7. The Hall–Kier alpha value is -2.78. The Morgan fingerprint density at radius 1 is 1.22 bits per heavy atom. The lowest BCUT2D eigenvalue weighted by atomic mass is 10.3. The number of halogens is 1. The Balaban J connectivity index is 1.72. The number of benzene rings is 2. The Morgan fingerprint density at radius 3 is 2.70 bits per heavy atom. The molecule has 0 fully saturated rings. The van der Waals surface area contributed by atoms with Gasteiger partial charge in [0, 0.05) is 32.7 Å². The number of aryl methyl sites for hydroxylation is 1. The Kier molecular flexibility index (Phi) is 5.24. The maximum atomic E-state index is 13.2. The van der Waals surface area contributed by atoms with Crippen molar-refractivity contribution in [2.24, 2.45) is 0 Å². The molecule has 0 aliphatic heterocycles. The van der Waals surface area contributed by atoms with Crippen LogP contribution in [0.3, 0.4) is 0 Å². The molecule has 3 aromatic rings. The van der Waals surface area contributed by atoms with Gasteiger partial charge < -0.3 is 9.88 Å². The number of amides is 1. The molecule has 142 valence electrons. The summed E-state index contributed by atoms with van der Waals surface area (Å²) in [6.45, 7) is 0.359. The number of rotatable bonds is 6. The molecule has 1 heterocycles. The lowest BCUT2D eigenvalue weighted by molar-refractivity contribution is -0.116. The maximum Gasteiger partial charge on any atom is 0.242 e. The smallest absolute Gasteiger partial charge is 0.242 e. The molecule has 0 unspecified atom stereocenters. The van der Waals surface area contributed by atoms with E-state index >= 15 is 0 Å². The molecule has 1 aromatic heterocycles. The molecule has 27 heavy (non-hydrogen) atoms. The fourth-order valence-electron chi connectivity index (χ4n) is 2.60. The lowest BCUT2D eigenvalue weighted by Gasteiger charge is -2.11. The van der Waals surface area contributed by atoms with Gasteiger partial charge in [0.05, 0.1) is 22.3 Å². The molecule has 2 aromatic carbocycles. The Bertz CT molecular complexity index is 1090. The standard InChI is InChI=1S/C18H19FN4O3S/c1-22(2)27(25,26)15-6-7-17-16(11-15)20-12-23(17)9-8-18(24)21-14-5-3-4-13(19)10-14/h3-7,10-12H,8-9H2,1-2H3,(H,21,24). The summed E-state index contributed by atoms with van der Waals surface area (Å²) in [6, 6.07) is 10.4. The first-order chi connectivity index (χ1) is 12.8. The zero-order valence-electron chi connectivity index (χ0n) is 14.9. The van der Waals surface area contributed by atoms with Gasteiger partial charge in [0.25, 0.3) is 0 Å². The number of carbonyl (C=O) groups is 1. The van der Waals surface area contributed by atoms with Crippen molar-refractivity contribution in [3.63, 3.8) is 0 Å². The first-order valence-electron chi connectivity index (χ1n) is 8.20. The number of nitrogens with one attached hydrogen (secondary N) is 1. The van der Waals surface area contributed by atoms with E-state index in [1.807, 2.05) is 0 Å². The Labute approximate surface area is 156 Å². The first-order valence-corrected chi connectivity index (χ1v) is 9.64. The first kappa shape index (κ1) is 19.0. The van der Waals surface area contributed by atoms with Gasteiger partial charge in [-0.25, -0.2) is 22.1 Å². The molecule has 0 atom stereocenters. The number of hydrogen-bond acceptors (Lipinski definition) is 4. The van der Waals surface area contributed by atoms with Gasteiger partial charge in [-0.2, -0.15) is 0 Å². The highest BCUT2D eigenvalue weighted by atomic mass is 32.2. The number of carbonyl (C=O) groups excluding carboxylic acids is 1. The average molecular weight is 390 g/mol. The lowest BCUT2D eigenvalue weighted by Crippen LogP contribution is -2.22. The molecule has 0 bridgehead atoms. The van der Waals surface area contributed by atoms with Gasteiger partial charge in [-0.05, 0) is 36.4 Å². The molecule has 0 radical (unpaired) electrons. The van der Waals surface area contributed by atoms with E-state index in [0.717, 1.165) is 9.82 Å². The van der Waals surface area contributed by atoms with Gasteiger partial charge in [-0.15, -0.1) is 0 Å². The van der Waals surface area contributed by atoms with Crippen LogP contribution < -0.4 is 5.32 Å². The fourth-order valence-corrected chi connectivity index (χ4v) is 3.53. The predicted molar refractivity (Wildman–Crippen MR) is 100 cm³/mol. The number of imidazole rings is 1. The molecule has 0 aliphatic rings. The van der Waals surface area contributed by atoms with E-state index in [4.69, 9.17) is 0 Å². The normalized spacial score (nSPS) is 11.9. The van der Waals surface area contributed by atoms with Crippen LogP contribution in [0.2, 0.25) is 0 Å². The van der Waals surface area contributed by atoms with Crippen LogP contribution >= 0.6 is 0 Å². The molecule has 0 saturated carbocycles. The van der Waals surface area contributed by atoms with Crippen LogP contribution in [-0.2, 0) is 21.4 Å². The number of anilines is 1. The van der Waals surface area contributed by atoms with Gasteiger partial charge in [0.2, 0.25) is 15.9 Å². The third kappa shape index (κ3) is 4.15. The summed E-state index contributed by atoms with van der Waals surface area (Å²) in [6.07, 6.45) is 1.73. The summed E-state index contributed by atoms with van der Waals surface area (Å²) in [5.74, 6) is -0.675.